The van der Waals surface area contributed by atoms with Gasteiger partial charge in [-0.25, -0.2) is 31.6 Å². The van der Waals surface area contributed by atoms with Gasteiger partial charge in [-0.15, -0.1) is 0 Å². The number of carbonyl (C=O) groups is 3. The lowest BCUT2D eigenvalue weighted by Gasteiger charge is -2.10. The number of esters is 3. The van der Waals surface area contributed by atoms with E-state index in [4.69, 9.17) is 18.9 Å². The van der Waals surface area contributed by atoms with Crippen LogP contribution in [0.2, 0.25) is 0 Å². The van der Waals surface area contributed by atoms with Crippen molar-refractivity contribution in [2.24, 2.45) is 0 Å². The Morgan fingerprint density at radius 2 is 1.12 bits per heavy atom. The van der Waals surface area contributed by atoms with Crippen LogP contribution in [0.25, 0.3) is 0 Å². The maximum atomic E-state index is 14.7. The molecule has 0 aromatic heterocycles. The number of benzene rings is 4. The van der Waals surface area contributed by atoms with Gasteiger partial charge in [-0.3, -0.25) is 0 Å². The van der Waals surface area contributed by atoms with E-state index in [1.54, 1.807) is 19.9 Å². The molecule has 0 aliphatic carbocycles. The quantitative estimate of drug-likeness (QED) is 0.0536. The Labute approximate surface area is 283 Å². The summed E-state index contributed by atoms with van der Waals surface area (Å²) < 4.78 is 76.1. The topological polar surface area (TPSA) is 122 Å². The second-order valence-corrected chi connectivity index (χ2v) is 13.0. The van der Waals surface area contributed by atoms with E-state index in [2.05, 4.69) is 6.58 Å². The van der Waals surface area contributed by atoms with Gasteiger partial charge in [0.05, 0.1) is 34.1 Å². The van der Waals surface area contributed by atoms with E-state index in [9.17, 15) is 31.6 Å². The predicted molar refractivity (Wildman–Crippen MR) is 176 cm³/mol. The number of rotatable bonds is 15. The van der Waals surface area contributed by atoms with Gasteiger partial charge in [-0.2, -0.15) is 0 Å². The molecule has 0 unspecified atom stereocenters. The van der Waals surface area contributed by atoms with Gasteiger partial charge in [-0.1, -0.05) is 12.6 Å². The van der Waals surface area contributed by atoms with Crippen LogP contribution in [0, 0.1) is 18.6 Å². The Bertz CT molecular complexity index is 1940. The number of carbonyl (C=O) groups excluding carboxylic acids is 3. The molecule has 0 radical (unpaired) electrons. The summed E-state index contributed by atoms with van der Waals surface area (Å²) in [5, 5.41) is 0. The zero-order chi connectivity index (χ0) is 35.6. The molecule has 0 aliphatic heterocycles. The first-order valence-electron chi connectivity index (χ1n) is 15.3. The average Bonchev–Trinajstić information content (AvgIpc) is 3.06. The second kappa shape index (κ2) is 16.6. The van der Waals surface area contributed by atoms with Crippen molar-refractivity contribution in [2.75, 3.05) is 13.2 Å². The predicted octanol–water partition coefficient (Wildman–Crippen LogP) is 7.60. The van der Waals surface area contributed by atoms with Gasteiger partial charge in [0, 0.05) is 11.6 Å². The zero-order valence-corrected chi connectivity index (χ0v) is 27.7. The summed E-state index contributed by atoms with van der Waals surface area (Å²) >= 11 is 0. The van der Waals surface area contributed by atoms with Gasteiger partial charge >= 0.3 is 17.9 Å². The van der Waals surface area contributed by atoms with Gasteiger partial charge in [-0.05, 0) is 118 Å². The molecule has 0 N–H and O–H groups in total. The Morgan fingerprint density at radius 1 is 0.653 bits per heavy atom. The minimum Gasteiger partial charge on any atom is -0.493 e. The van der Waals surface area contributed by atoms with Gasteiger partial charge in [0.25, 0.3) is 0 Å². The van der Waals surface area contributed by atoms with Gasteiger partial charge in [0.2, 0.25) is 9.84 Å². The lowest BCUT2D eigenvalue weighted by atomic mass is 10.1. The van der Waals surface area contributed by atoms with Crippen LogP contribution in [0.3, 0.4) is 0 Å². The van der Waals surface area contributed by atoms with Crippen molar-refractivity contribution >= 4 is 27.7 Å². The molecule has 0 aliphatic rings. The normalized spacial score (nSPS) is 11.0. The smallest absolute Gasteiger partial charge is 0.346 e. The first-order chi connectivity index (χ1) is 23.3. The standard InChI is InChI=1S/C37H34F2O9S/c1-24(2)35(40)46-21-7-5-4-6-20-45-28-13-19-32(34(39)23-28)37(42)48-27-11-16-30(17-12-27)49(43,44)29-14-9-26(10-15-29)47-36(41)31-18-8-25(3)22-33(31)38/h8-19,22-23H,1,4-7,20-21H2,2-3H3. The molecule has 256 valence electrons. The fourth-order valence-corrected chi connectivity index (χ4v) is 5.67. The van der Waals surface area contributed by atoms with Crippen LogP contribution in [0.4, 0.5) is 8.78 Å². The number of hydrogen-bond donors (Lipinski definition) is 0. The minimum absolute atomic E-state index is 0.0105. The van der Waals surface area contributed by atoms with Crippen LogP contribution < -0.4 is 14.2 Å². The molecule has 12 heteroatoms. The van der Waals surface area contributed by atoms with E-state index in [1.165, 1.54) is 72.8 Å². The van der Waals surface area contributed by atoms with Crippen molar-refractivity contribution in [1.82, 2.24) is 0 Å². The Hall–Kier alpha value is -5.36. The molecule has 0 amide bonds. The first-order valence-corrected chi connectivity index (χ1v) is 16.7. The van der Waals surface area contributed by atoms with E-state index in [0.29, 0.717) is 37.2 Å². The largest absolute Gasteiger partial charge is 0.493 e. The highest BCUT2D eigenvalue weighted by atomic mass is 32.2. The number of sulfone groups is 1. The highest BCUT2D eigenvalue weighted by Gasteiger charge is 2.20. The molecule has 0 spiro atoms. The summed E-state index contributed by atoms with van der Waals surface area (Å²) in [5.74, 6) is -3.66. The van der Waals surface area contributed by atoms with Gasteiger partial charge in [0.1, 0.15) is 28.9 Å². The molecular weight excluding hydrogens is 658 g/mol. The molecule has 4 aromatic rings. The average molecular weight is 693 g/mol. The molecule has 0 fully saturated rings. The first kappa shape index (κ1) is 36.5. The van der Waals surface area contributed by atoms with E-state index < -0.39 is 39.4 Å². The Balaban J connectivity index is 1.26. The number of hydrogen-bond acceptors (Lipinski definition) is 9. The number of halogens is 2. The molecule has 0 saturated heterocycles. The molecule has 9 nitrogen and oxygen atoms in total. The van der Waals surface area contributed by atoms with Crippen LogP contribution in [0.1, 0.15) is 58.9 Å². The molecule has 4 aromatic carbocycles. The summed E-state index contributed by atoms with van der Waals surface area (Å²) in [4.78, 5) is 36.1. The molecule has 0 bridgehead atoms. The number of ether oxygens (including phenoxy) is 4. The monoisotopic (exact) mass is 692 g/mol. The summed E-state index contributed by atoms with van der Waals surface area (Å²) in [6.07, 6.45) is 3.05. The van der Waals surface area contributed by atoms with Crippen molar-refractivity contribution < 1.29 is 50.5 Å². The fourth-order valence-electron chi connectivity index (χ4n) is 4.41. The highest BCUT2D eigenvalue weighted by Crippen LogP contribution is 2.26. The maximum absolute atomic E-state index is 14.7. The molecule has 0 saturated carbocycles. The van der Waals surface area contributed by atoms with E-state index in [0.717, 1.165) is 18.9 Å². The summed E-state index contributed by atoms with van der Waals surface area (Å²) in [7, 11) is -4.01. The third-order valence-corrected chi connectivity index (χ3v) is 8.87. The van der Waals surface area contributed by atoms with E-state index >= 15 is 0 Å². The fraction of sp³-hybridized carbons (Fsp3) is 0.216. The van der Waals surface area contributed by atoms with Crippen LogP contribution in [0.5, 0.6) is 17.2 Å². The van der Waals surface area contributed by atoms with E-state index in [1.807, 2.05) is 0 Å². The highest BCUT2D eigenvalue weighted by molar-refractivity contribution is 7.91. The molecule has 49 heavy (non-hydrogen) atoms. The number of aryl methyl sites for hydroxylation is 1. The molecular formula is C37H34F2O9S. The third-order valence-electron chi connectivity index (χ3n) is 7.08. The summed E-state index contributed by atoms with van der Waals surface area (Å²) in [6, 6.07) is 17.8. The van der Waals surface area contributed by atoms with Crippen molar-refractivity contribution in [3.8, 4) is 17.2 Å². The minimum atomic E-state index is -4.01. The maximum Gasteiger partial charge on any atom is 0.346 e. The second-order valence-electron chi connectivity index (χ2n) is 11.0. The molecule has 0 heterocycles. The van der Waals surface area contributed by atoms with Gasteiger partial charge < -0.3 is 18.9 Å². The summed E-state index contributed by atoms with van der Waals surface area (Å²) in [6.45, 7) is 7.43. The number of unbranched alkanes of at least 4 members (excludes halogenated alkanes) is 3. The Kier molecular flexibility index (Phi) is 12.4. The lowest BCUT2D eigenvalue weighted by molar-refractivity contribution is -0.139. The van der Waals surface area contributed by atoms with Crippen LogP contribution in [-0.2, 0) is 19.4 Å². The molecule has 0 atom stereocenters. The lowest BCUT2D eigenvalue weighted by Crippen LogP contribution is -2.11. The zero-order valence-electron chi connectivity index (χ0n) is 26.9. The van der Waals surface area contributed by atoms with Crippen molar-refractivity contribution in [2.45, 2.75) is 49.3 Å². The Morgan fingerprint density at radius 3 is 1.61 bits per heavy atom. The van der Waals surface area contributed by atoms with Crippen molar-refractivity contribution in [3.63, 3.8) is 0 Å². The molecule has 4 rings (SSSR count). The van der Waals surface area contributed by atoms with Crippen molar-refractivity contribution in [1.29, 1.82) is 0 Å². The van der Waals surface area contributed by atoms with Crippen molar-refractivity contribution in [3.05, 3.63) is 125 Å². The van der Waals surface area contributed by atoms with Gasteiger partial charge in [0.15, 0.2) is 0 Å². The SMILES string of the molecule is C=C(C)C(=O)OCCCCCCOc1ccc(C(=O)Oc2ccc(S(=O)(=O)c3ccc(OC(=O)c4ccc(C)cc4F)cc3)cc2)c(F)c1. The summed E-state index contributed by atoms with van der Waals surface area (Å²) in [5.41, 5.74) is 0.401. The van der Waals surface area contributed by atoms with Crippen LogP contribution in [0.15, 0.2) is 107 Å². The van der Waals surface area contributed by atoms with E-state index in [-0.39, 0.29) is 38.2 Å². The van der Waals surface area contributed by atoms with Crippen LogP contribution in [-0.4, -0.2) is 39.5 Å². The van der Waals surface area contributed by atoms with Crippen LogP contribution >= 0.6 is 0 Å². The third kappa shape index (κ3) is 10.1.